The van der Waals surface area contributed by atoms with E-state index in [4.69, 9.17) is 21.4 Å². The SMILES string of the molecule is OCc1ccc(OC2CCCCC2)c(Cl)c1. The second kappa shape index (κ2) is 5.55. The molecule has 1 aromatic rings. The van der Waals surface area contributed by atoms with Crippen LogP contribution >= 0.6 is 11.6 Å². The summed E-state index contributed by atoms with van der Waals surface area (Å²) in [7, 11) is 0. The number of hydrogen-bond acceptors (Lipinski definition) is 2. The summed E-state index contributed by atoms with van der Waals surface area (Å²) in [5, 5.41) is 9.57. The molecule has 0 unspecified atom stereocenters. The zero-order valence-electron chi connectivity index (χ0n) is 9.29. The van der Waals surface area contributed by atoms with Gasteiger partial charge in [0, 0.05) is 0 Å². The molecular formula is C13H17ClO2. The van der Waals surface area contributed by atoms with Crippen LogP contribution in [-0.4, -0.2) is 11.2 Å². The van der Waals surface area contributed by atoms with Crippen molar-refractivity contribution in [2.75, 3.05) is 0 Å². The third-order valence-electron chi connectivity index (χ3n) is 3.02. The van der Waals surface area contributed by atoms with Gasteiger partial charge in [-0.3, -0.25) is 0 Å². The lowest BCUT2D eigenvalue weighted by Gasteiger charge is -2.23. The van der Waals surface area contributed by atoms with E-state index in [2.05, 4.69) is 0 Å². The molecule has 2 nitrogen and oxygen atoms in total. The molecule has 1 fully saturated rings. The van der Waals surface area contributed by atoms with Crippen molar-refractivity contribution < 1.29 is 9.84 Å². The first-order chi connectivity index (χ1) is 7.79. The Balaban J connectivity index is 2.03. The van der Waals surface area contributed by atoms with Crippen LogP contribution < -0.4 is 4.74 Å². The molecule has 0 spiro atoms. The lowest BCUT2D eigenvalue weighted by molar-refractivity contribution is 0.155. The van der Waals surface area contributed by atoms with Crippen molar-refractivity contribution in [1.29, 1.82) is 0 Å². The topological polar surface area (TPSA) is 29.5 Å². The number of aliphatic hydroxyl groups is 1. The van der Waals surface area contributed by atoms with Gasteiger partial charge in [0.2, 0.25) is 0 Å². The van der Waals surface area contributed by atoms with Gasteiger partial charge in [0.1, 0.15) is 5.75 Å². The van der Waals surface area contributed by atoms with Crippen LogP contribution in [0, 0.1) is 0 Å². The summed E-state index contributed by atoms with van der Waals surface area (Å²) in [6.07, 6.45) is 6.37. The minimum atomic E-state index is 0.0173. The van der Waals surface area contributed by atoms with Gasteiger partial charge in [-0.2, -0.15) is 0 Å². The van der Waals surface area contributed by atoms with Crippen LogP contribution in [0.5, 0.6) is 5.75 Å². The molecule has 0 aliphatic heterocycles. The van der Waals surface area contributed by atoms with Gasteiger partial charge in [-0.05, 0) is 43.4 Å². The van der Waals surface area contributed by atoms with E-state index in [0.717, 1.165) is 24.2 Å². The van der Waals surface area contributed by atoms with E-state index in [1.54, 1.807) is 6.07 Å². The predicted molar refractivity (Wildman–Crippen MR) is 64.9 cm³/mol. The first kappa shape index (κ1) is 11.7. The van der Waals surface area contributed by atoms with E-state index >= 15 is 0 Å². The van der Waals surface area contributed by atoms with Crippen LogP contribution in [0.4, 0.5) is 0 Å². The molecule has 0 heterocycles. The maximum atomic E-state index is 8.97. The molecule has 2 rings (SSSR count). The van der Waals surface area contributed by atoms with Crippen molar-refractivity contribution in [1.82, 2.24) is 0 Å². The van der Waals surface area contributed by atoms with Crippen molar-refractivity contribution >= 4 is 11.6 Å². The second-order valence-corrected chi connectivity index (χ2v) is 4.71. The van der Waals surface area contributed by atoms with Crippen molar-refractivity contribution in [3.63, 3.8) is 0 Å². The van der Waals surface area contributed by atoms with Crippen LogP contribution in [0.1, 0.15) is 37.7 Å². The van der Waals surface area contributed by atoms with E-state index in [-0.39, 0.29) is 6.61 Å². The molecular weight excluding hydrogens is 224 g/mol. The molecule has 0 saturated heterocycles. The highest BCUT2D eigenvalue weighted by molar-refractivity contribution is 6.32. The Bertz CT molecular complexity index is 346. The van der Waals surface area contributed by atoms with E-state index in [1.165, 1.54) is 19.3 Å². The monoisotopic (exact) mass is 240 g/mol. The third kappa shape index (κ3) is 2.89. The smallest absolute Gasteiger partial charge is 0.138 e. The zero-order chi connectivity index (χ0) is 11.4. The van der Waals surface area contributed by atoms with E-state index in [1.807, 2.05) is 12.1 Å². The highest BCUT2D eigenvalue weighted by Gasteiger charge is 2.16. The number of aliphatic hydroxyl groups excluding tert-OH is 1. The van der Waals surface area contributed by atoms with E-state index in [0.29, 0.717) is 11.1 Å². The Morgan fingerprint density at radius 3 is 2.62 bits per heavy atom. The van der Waals surface area contributed by atoms with Gasteiger partial charge >= 0.3 is 0 Å². The Kier molecular flexibility index (Phi) is 4.08. The van der Waals surface area contributed by atoms with Crippen LogP contribution in [0.15, 0.2) is 18.2 Å². The highest BCUT2D eigenvalue weighted by Crippen LogP contribution is 2.29. The Hall–Kier alpha value is -0.730. The fraction of sp³-hybridized carbons (Fsp3) is 0.538. The summed E-state index contributed by atoms with van der Waals surface area (Å²) in [4.78, 5) is 0. The maximum absolute atomic E-state index is 8.97. The summed E-state index contributed by atoms with van der Waals surface area (Å²) in [6.45, 7) is 0.0173. The third-order valence-corrected chi connectivity index (χ3v) is 3.32. The summed E-state index contributed by atoms with van der Waals surface area (Å²) < 4.78 is 5.87. The Labute approximate surface area is 101 Å². The molecule has 1 aliphatic rings. The molecule has 1 aromatic carbocycles. The molecule has 0 atom stereocenters. The van der Waals surface area contributed by atoms with Crippen LogP contribution in [0.25, 0.3) is 0 Å². The summed E-state index contributed by atoms with van der Waals surface area (Å²) in [5.74, 6) is 0.741. The van der Waals surface area contributed by atoms with Crippen LogP contribution in [0.3, 0.4) is 0 Å². The number of rotatable bonds is 3. The Morgan fingerprint density at radius 1 is 1.25 bits per heavy atom. The summed E-state index contributed by atoms with van der Waals surface area (Å²) in [5.41, 5.74) is 0.820. The van der Waals surface area contributed by atoms with Crippen molar-refractivity contribution in [2.45, 2.75) is 44.8 Å². The second-order valence-electron chi connectivity index (χ2n) is 4.30. The van der Waals surface area contributed by atoms with Gasteiger partial charge in [0.05, 0.1) is 17.7 Å². The average molecular weight is 241 g/mol. The molecule has 16 heavy (non-hydrogen) atoms. The van der Waals surface area contributed by atoms with Gasteiger partial charge in [-0.1, -0.05) is 24.1 Å². The minimum Gasteiger partial charge on any atom is -0.489 e. The van der Waals surface area contributed by atoms with Crippen LogP contribution in [-0.2, 0) is 6.61 Å². The lowest BCUT2D eigenvalue weighted by atomic mass is 9.98. The number of hydrogen-bond donors (Lipinski definition) is 1. The molecule has 0 radical (unpaired) electrons. The molecule has 88 valence electrons. The average Bonchev–Trinajstić information content (AvgIpc) is 2.33. The van der Waals surface area contributed by atoms with Gasteiger partial charge in [-0.25, -0.2) is 0 Å². The molecule has 0 amide bonds. The standard InChI is InChI=1S/C13H17ClO2/c14-12-8-10(9-15)6-7-13(12)16-11-4-2-1-3-5-11/h6-8,11,15H,1-5,9H2. The molecule has 1 N–H and O–H groups in total. The summed E-state index contributed by atoms with van der Waals surface area (Å²) in [6, 6.07) is 5.46. The fourth-order valence-electron chi connectivity index (χ4n) is 2.10. The van der Waals surface area contributed by atoms with E-state index < -0.39 is 0 Å². The number of benzene rings is 1. The summed E-state index contributed by atoms with van der Waals surface area (Å²) >= 11 is 6.09. The normalized spacial score (nSPS) is 17.4. The zero-order valence-corrected chi connectivity index (χ0v) is 10.0. The largest absolute Gasteiger partial charge is 0.489 e. The molecule has 1 aliphatic carbocycles. The lowest BCUT2D eigenvalue weighted by Crippen LogP contribution is -2.19. The van der Waals surface area contributed by atoms with Gasteiger partial charge in [-0.15, -0.1) is 0 Å². The molecule has 3 heteroatoms. The molecule has 0 bridgehead atoms. The maximum Gasteiger partial charge on any atom is 0.138 e. The number of halogens is 1. The van der Waals surface area contributed by atoms with Crippen molar-refractivity contribution in [3.05, 3.63) is 28.8 Å². The van der Waals surface area contributed by atoms with Crippen molar-refractivity contribution in [2.24, 2.45) is 0 Å². The van der Waals surface area contributed by atoms with Gasteiger partial charge in [0.25, 0.3) is 0 Å². The quantitative estimate of drug-likeness (QED) is 0.876. The first-order valence-electron chi connectivity index (χ1n) is 5.85. The van der Waals surface area contributed by atoms with Crippen LogP contribution in [0.2, 0.25) is 5.02 Å². The number of ether oxygens (including phenoxy) is 1. The highest BCUT2D eigenvalue weighted by atomic mass is 35.5. The fourth-order valence-corrected chi connectivity index (χ4v) is 2.35. The van der Waals surface area contributed by atoms with Gasteiger partial charge in [0.15, 0.2) is 0 Å². The predicted octanol–water partition coefficient (Wildman–Crippen LogP) is 3.54. The minimum absolute atomic E-state index is 0.0173. The van der Waals surface area contributed by atoms with Gasteiger partial charge < -0.3 is 9.84 Å². The molecule has 0 aromatic heterocycles. The van der Waals surface area contributed by atoms with E-state index in [9.17, 15) is 0 Å². The molecule has 1 saturated carbocycles. The Morgan fingerprint density at radius 2 is 2.00 bits per heavy atom. The van der Waals surface area contributed by atoms with Crippen molar-refractivity contribution in [3.8, 4) is 5.75 Å². The first-order valence-corrected chi connectivity index (χ1v) is 6.23.